The van der Waals surface area contributed by atoms with E-state index >= 15 is 0 Å². The summed E-state index contributed by atoms with van der Waals surface area (Å²) in [7, 11) is 0. The zero-order valence-electron chi connectivity index (χ0n) is 41.0. The highest BCUT2D eigenvalue weighted by molar-refractivity contribution is 5.85. The molecule has 6 aromatic carbocycles. The third-order valence-corrected chi connectivity index (χ3v) is 15.4. The second-order valence-electron chi connectivity index (χ2n) is 20.3. The SMILES string of the molecule is O=C(OCCC[N+]1(Cc2ccc(OCc3ccccc3)cc2)CCCCC1)C1C(c2ccccc2)C(C(=O)OCCC[N+]2(Cc3ccc(OCc4ccccc4)cc3)CCCCC2)C1c1ccccc1. The molecular weight excluding hydrogens is 869 g/mol. The molecular formula is C62H72N2O6+2. The van der Waals surface area contributed by atoms with Crippen LogP contribution in [0.4, 0.5) is 0 Å². The number of benzene rings is 6. The minimum absolute atomic E-state index is 0.227. The van der Waals surface area contributed by atoms with E-state index in [0.717, 1.165) is 108 Å². The molecule has 0 atom stereocenters. The number of likely N-dealkylation sites (tertiary alicyclic amines) is 2. The van der Waals surface area contributed by atoms with Crippen LogP contribution in [0.5, 0.6) is 11.5 Å². The molecule has 8 heteroatoms. The quantitative estimate of drug-likeness (QED) is 0.0384. The van der Waals surface area contributed by atoms with E-state index in [1.54, 1.807) is 0 Å². The molecule has 0 radical (unpaired) electrons. The lowest BCUT2D eigenvalue weighted by atomic mass is 9.52. The highest BCUT2D eigenvalue weighted by Crippen LogP contribution is 2.58. The second kappa shape index (κ2) is 24.1. The van der Waals surface area contributed by atoms with Crippen molar-refractivity contribution in [3.63, 3.8) is 0 Å². The summed E-state index contributed by atoms with van der Waals surface area (Å²) >= 11 is 0. The van der Waals surface area contributed by atoms with Crippen molar-refractivity contribution in [1.29, 1.82) is 0 Å². The fourth-order valence-electron chi connectivity index (χ4n) is 11.8. The van der Waals surface area contributed by atoms with E-state index in [1.165, 1.54) is 49.7 Å². The van der Waals surface area contributed by atoms with Crippen LogP contribution in [-0.2, 0) is 45.4 Å². The Morgan fingerprint density at radius 2 is 0.743 bits per heavy atom. The molecule has 1 saturated carbocycles. The fourth-order valence-corrected chi connectivity index (χ4v) is 11.8. The average molecular weight is 941 g/mol. The second-order valence-corrected chi connectivity index (χ2v) is 20.3. The number of carbonyl (C=O) groups excluding carboxylic acids is 2. The van der Waals surface area contributed by atoms with Gasteiger partial charge in [-0.25, -0.2) is 0 Å². The summed E-state index contributed by atoms with van der Waals surface area (Å²) < 4.78 is 26.7. The maximum absolute atomic E-state index is 14.5. The van der Waals surface area contributed by atoms with Crippen molar-refractivity contribution in [2.75, 3.05) is 52.5 Å². The van der Waals surface area contributed by atoms with Gasteiger partial charge in [0.05, 0.1) is 64.3 Å². The van der Waals surface area contributed by atoms with Gasteiger partial charge in [0.25, 0.3) is 0 Å². The van der Waals surface area contributed by atoms with Gasteiger partial charge in [0.2, 0.25) is 0 Å². The lowest BCUT2D eigenvalue weighted by Gasteiger charge is -2.49. The molecule has 2 heterocycles. The Bertz CT molecular complexity index is 2320. The Morgan fingerprint density at radius 1 is 0.400 bits per heavy atom. The molecule has 2 aliphatic heterocycles. The Kier molecular flexibility index (Phi) is 16.8. The predicted octanol–water partition coefficient (Wildman–Crippen LogP) is 12.2. The summed E-state index contributed by atoms with van der Waals surface area (Å²) in [6.07, 6.45) is 8.90. The number of rotatable bonds is 22. The van der Waals surface area contributed by atoms with Crippen molar-refractivity contribution >= 4 is 11.9 Å². The van der Waals surface area contributed by atoms with Gasteiger partial charge in [-0.1, -0.05) is 121 Å². The van der Waals surface area contributed by atoms with E-state index in [2.05, 4.69) is 72.8 Å². The van der Waals surface area contributed by atoms with Crippen LogP contribution in [0.1, 0.15) is 96.6 Å². The Balaban J connectivity index is 0.814. The number of quaternary nitrogens is 2. The van der Waals surface area contributed by atoms with Gasteiger partial charge in [-0.2, -0.15) is 0 Å². The minimum Gasteiger partial charge on any atom is -0.489 e. The van der Waals surface area contributed by atoms with Crippen molar-refractivity contribution in [1.82, 2.24) is 0 Å². The Hall–Kier alpha value is -6.22. The Morgan fingerprint density at radius 3 is 1.10 bits per heavy atom. The smallest absolute Gasteiger partial charge is 0.310 e. The van der Waals surface area contributed by atoms with E-state index in [0.29, 0.717) is 26.4 Å². The largest absolute Gasteiger partial charge is 0.489 e. The third-order valence-electron chi connectivity index (χ3n) is 15.4. The van der Waals surface area contributed by atoms with Gasteiger partial charge in [-0.15, -0.1) is 0 Å². The summed E-state index contributed by atoms with van der Waals surface area (Å²) in [6.45, 7) is 10.1. The number of hydrogen-bond acceptors (Lipinski definition) is 6. The summed E-state index contributed by atoms with van der Waals surface area (Å²) in [5.41, 5.74) is 6.86. The zero-order valence-corrected chi connectivity index (χ0v) is 41.0. The van der Waals surface area contributed by atoms with Crippen LogP contribution in [-0.4, -0.2) is 73.4 Å². The van der Waals surface area contributed by atoms with Gasteiger partial charge in [-0.3, -0.25) is 9.59 Å². The van der Waals surface area contributed by atoms with Crippen molar-refractivity contribution in [3.8, 4) is 11.5 Å². The number of piperidine rings is 2. The molecule has 8 nitrogen and oxygen atoms in total. The monoisotopic (exact) mass is 941 g/mol. The summed E-state index contributed by atoms with van der Waals surface area (Å²) in [5, 5.41) is 0. The first-order valence-corrected chi connectivity index (χ1v) is 26.1. The zero-order chi connectivity index (χ0) is 47.9. The molecule has 0 bridgehead atoms. The van der Waals surface area contributed by atoms with Gasteiger partial charge in [0, 0.05) is 35.8 Å². The van der Waals surface area contributed by atoms with Crippen molar-refractivity contribution < 1.29 is 37.5 Å². The van der Waals surface area contributed by atoms with Crippen molar-refractivity contribution in [2.24, 2.45) is 11.8 Å². The van der Waals surface area contributed by atoms with Crippen LogP contribution in [0.2, 0.25) is 0 Å². The van der Waals surface area contributed by atoms with Gasteiger partial charge < -0.3 is 27.9 Å². The van der Waals surface area contributed by atoms with Crippen molar-refractivity contribution in [3.05, 3.63) is 203 Å². The Labute approximate surface area is 416 Å². The fraction of sp³-hybridized carbons (Fsp3) is 0.387. The number of nitrogens with zero attached hydrogens (tertiary/aromatic N) is 2. The van der Waals surface area contributed by atoms with Gasteiger partial charge in [0.15, 0.2) is 0 Å². The highest BCUT2D eigenvalue weighted by atomic mass is 16.5. The van der Waals surface area contributed by atoms with E-state index in [1.807, 2.05) is 97.1 Å². The maximum Gasteiger partial charge on any atom is 0.310 e. The minimum atomic E-state index is -0.500. The van der Waals surface area contributed by atoms with Crippen LogP contribution in [0.3, 0.4) is 0 Å². The van der Waals surface area contributed by atoms with Crippen LogP contribution in [0, 0.1) is 11.8 Å². The highest BCUT2D eigenvalue weighted by Gasteiger charge is 2.59. The number of hydrogen-bond donors (Lipinski definition) is 0. The molecule has 364 valence electrons. The summed E-state index contributed by atoms with van der Waals surface area (Å²) in [5.74, 6) is -0.382. The number of esters is 2. The van der Waals surface area contributed by atoms with Gasteiger partial charge in [0.1, 0.15) is 37.8 Å². The van der Waals surface area contributed by atoms with Crippen LogP contribution in [0.15, 0.2) is 170 Å². The molecule has 2 saturated heterocycles. The molecule has 9 rings (SSSR count). The van der Waals surface area contributed by atoms with Gasteiger partial charge >= 0.3 is 11.9 Å². The van der Waals surface area contributed by atoms with E-state index in [4.69, 9.17) is 18.9 Å². The molecule has 0 spiro atoms. The van der Waals surface area contributed by atoms with Crippen LogP contribution < -0.4 is 9.47 Å². The average Bonchev–Trinajstić information content (AvgIpc) is 3.40. The summed E-state index contributed by atoms with van der Waals surface area (Å²) in [4.78, 5) is 29.0. The number of carbonyl (C=O) groups is 2. The molecule has 0 unspecified atom stereocenters. The van der Waals surface area contributed by atoms with E-state index in [9.17, 15) is 9.59 Å². The first kappa shape index (κ1) is 48.8. The van der Waals surface area contributed by atoms with E-state index in [-0.39, 0.29) is 23.8 Å². The molecule has 70 heavy (non-hydrogen) atoms. The molecule has 3 fully saturated rings. The molecule has 6 aromatic rings. The molecule has 3 aliphatic rings. The lowest BCUT2D eigenvalue weighted by molar-refractivity contribution is -0.945. The molecule has 0 amide bonds. The number of ether oxygens (including phenoxy) is 4. The van der Waals surface area contributed by atoms with Crippen molar-refractivity contribution in [2.45, 2.75) is 89.5 Å². The first-order chi connectivity index (χ1) is 34.4. The predicted molar refractivity (Wildman–Crippen MR) is 276 cm³/mol. The maximum atomic E-state index is 14.5. The standard InChI is InChI=1S/C62H72N2O6/c65-61(67-43-19-41-63(37-15-5-16-38-63)45-49-29-33-55(34-30-49)69-47-51-21-7-1-8-22-51)59-57(53-25-11-3-12-26-53)60(58(59)54-27-13-4-14-28-54)62(66)68-44-20-42-64(39-17-6-18-40-64)46-50-31-35-56(36-32-50)70-48-52-23-9-2-10-24-52/h1-4,7-14,21-36,57-60H,5-6,15-20,37-48H2/q+2. The third kappa shape index (κ3) is 12.8. The molecule has 1 aliphatic carbocycles. The van der Waals surface area contributed by atoms with Crippen LogP contribution in [0.25, 0.3) is 0 Å². The van der Waals surface area contributed by atoms with Gasteiger partial charge in [-0.05, 0) is 109 Å². The molecule has 0 aromatic heterocycles. The summed E-state index contributed by atoms with van der Waals surface area (Å²) in [6, 6.07) is 57.8. The normalized spacial score (nSPS) is 20.3. The van der Waals surface area contributed by atoms with Crippen LogP contribution >= 0.6 is 0 Å². The first-order valence-electron chi connectivity index (χ1n) is 26.1. The molecule has 0 N–H and O–H groups in total. The topological polar surface area (TPSA) is 71.1 Å². The van der Waals surface area contributed by atoms with E-state index < -0.39 is 11.8 Å². The lowest BCUT2D eigenvalue weighted by Crippen LogP contribution is -2.53.